The van der Waals surface area contributed by atoms with Crippen LogP contribution in [0.3, 0.4) is 0 Å². The van der Waals surface area contributed by atoms with E-state index >= 15 is 0 Å². The number of aromatic nitrogens is 2. The van der Waals surface area contributed by atoms with Crippen molar-refractivity contribution in [1.29, 1.82) is 0 Å². The van der Waals surface area contributed by atoms with E-state index in [4.69, 9.17) is 4.74 Å². The largest absolute Gasteiger partial charge is 0.378 e. The Bertz CT molecular complexity index is 1140. The first kappa shape index (κ1) is 20.6. The molecule has 2 aliphatic rings. The highest BCUT2D eigenvalue weighted by molar-refractivity contribution is 6.04. The number of carbonyl (C=O) groups excluding carboxylic acids is 1. The number of nitrogens with one attached hydrogen (secondary N) is 1. The molecule has 2 heterocycles. The first-order valence-electron chi connectivity index (χ1n) is 10.9. The van der Waals surface area contributed by atoms with Gasteiger partial charge in [-0.1, -0.05) is 0 Å². The molecule has 0 bridgehead atoms. The number of hydrogen-bond donors (Lipinski definition) is 1. The summed E-state index contributed by atoms with van der Waals surface area (Å²) in [6.07, 6.45) is 3.54. The van der Waals surface area contributed by atoms with Crippen LogP contribution in [0.2, 0.25) is 0 Å². The molecule has 2 aromatic carbocycles. The quantitative estimate of drug-likeness (QED) is 0.666. The highest BCUT2D eigenvalue weighted by atomic mass is 19.1. The van der Waals surface area contributed by atoms with Gasteiger partial charge in [-0.05, 0) is 68.1 Å². The number of hydrogen-bond acceptors (Lipinski definition) is 4. The van der Waals surface area contributed by atoms with Crippen molar-refractivity contribution in [2.75, 3.05) is 36.5 Å². The third-order valence-corrected chi connectivity index (χ3v) is 6.02. The summed E-state index contributed by atoms with van der Waals surface area (Å²) in [6.45, 7) is 2.41. The summed E-state index contributed by atoms with van der Waals surface area (Å²) in [6, 6.07) is 10.8. The summed E-state index contributed by atoms with van der Waals surface area (Å²) in [7, 11) is 0. The number of halogens is 2. The molecule has 1 aliphatic carbocycles. The van der Waals surface area contributed by atoms with Crippen LogP contribution in [0.15, 0.2) is 42.5 Å². The minimum Gasteiger partial charge on any atom is -0.378 e. The molecule has 1 aliphatic heterocycles. The van der Waals surface area contributed by atoms with E-state index in [-0.39, 0.29) is 17.5 Å². The van der Waals surface area contributed by atoms with Crippen molar-refractivity contribution >= 4 is 17.3 Å². The fourth-order valence-electron chi connectivity index (χ4n) is 4.41. The Morgan fingerprint density at radius 3 is 2.50 bits per heavy atom. The minimum atomic E-state index is -0.386. The third-order valence-electron chi connectivity index (χ3n) is 6.02. The first-order valence-corrected chi connectivity index (χ1v) is 10.9. The van der Waals surface area contributed by atoms with E-state index in [0.29, 0.717) is 49.1 Å². The molecule has 32 heavy (non-hydrogen) atoms. The van der Waals surface area contributed by atoms with Crippen LogP contribution < -0.4 is 10.2 Å². The van der Waals surface area contributed by atoms with Gasteiger partial charge in [-0.25, -0.2) is 13.5 Å². The summed E-state index contributed by atoms with van der Waals surface area (Å²) < 4.78 is 35.1. The van der Waals surface area contributed by atoms with Gasteiger partial charge in [0.1, 0.15) is 11.6 Å². The van der Waals surface area contributed by atoms with Crippen LogP contribution in [-0.4, -0.2) is 42.0 Å². The van der Waals surface area contributed by atoms with Gasteiger partial charge >= 0.3 is 0 Å². The Kier molecular flexibility index (Phi) is 5.61. The lowest BCUT2D eigenvalue weighted by atomic mass is 9.95. The van der Waals surface area contributed by atoms with E-state index in [1.807, 2.05) is 4.90 Å². The number of carbonyl (C=O) groups is 1. The molecule has 1 fully saturated rings. The van der Waals surface area contributed by atoms with E-state index in [1.54, 1.807) is 28.9 Å². The van der Waals surface area contributed by atoms with Gasteiger partial charge in [0.15, 0.2) is 5.69 Å². The maximum absolute atomic E-state index is 14.7. The van der Waals surface area contributed by atoms with Gasteiger partial charge in [0.05, 0.1) is 24.6 Å². The normalized spacial score (nSPS) is 16.0. The topological polar surface area (TPSA) is 59.4 Å². The first-order chi connectivity index (χ1) is 15.6. The zero-order chi connectivity index (χ0) is 22.1. The van der Waals surface area contributed by atoms with Crippen molar-refractivity contribution < 1.29 is 18.3 Å². The van der Waals surface area contributed by atoms with E-state index in [0.717, 1.165) is 36.9 Å². The van der Waals surface area contributed by atoms with Crippen LogP contribution in [0.1, 0.15) is 34.6 Å². The second-order valence-electron chi connectivity index (χ2n) is 8.09. The van der Waals surface area contributed by atoms with Gasteiger partial charge in [0.25, 0.3) is 5.91 Å². The molecule has 6 nitrogen and oxygen atoms in total. The number of amides is 1. The lowest BCUT2D eigenvalue weighted by Crippen LogP contribution is -2.36. The average molecular weight is 438 g/mol. The van der Waals surface area contributed by atoms with Crippen LogP contribution in [0.25, 0.3) is 5.69 Å². The van der Waals surface area contributed by atoms with Gasteiger partial charge in [-0.2, -0.15) is 5.10 Å². The molecule has 5 rings (SSSR count). The number of morpholine rings is 1. The molecule has 1 saturated heterocycles. The van der Waals surface area contributed by atoms with E-state index in [9.17, 15) is 13.6 Å². The monoisotopic (exact) mass is 438 g/mol. The molecule has 0 unspecified atom stereocenters. The maximum Gasteiger partial charge on any atom is 0.276 e. The van der Waals surface area contributed by atoms with E-state index in [1.165, 1.54) is 18.2 Å². The van der Waals surface area contributed by atoms with Crippen molar-refractivity contribution in [3.05, 3.63) is 71.1 Å². The molecule has 166 valence electrons. The highest BCUT2D eigenvalue weighted by Crippen LogP contribution is 2.29. The zero-order valence-corrected chi connectivity index (χ0v) is 17.6. The van der Waals surface area contributed by atoms with Crippen molar-refractivity contribution in [2.45, 2.75) is 25.7 Å². The number of nitrogens with zero attached hydrogens (tertiary/aromatic N) is 3. The van der Waals surface area contributed by atoms with Crippen LogP contribution in [0.5, 0.6) is 0 Å². The fourth-order valence-corrected chi connectivity index (χ4v) is 4.41. The Morgan fingerprint density at radius 2 is 1.75 bits per heavy atom. The molecular formula is C24H24F2N4O2. The van der Waals surface area contributed by atoms with Crippen LogP contribution >= 0.6 is 0 Å². The summed E-state index contributed by atoms with van der Waals surface area (Å²) in [5, 5.41) is 7.36. The SMILES string of the molecule is O=C(Nc1ccc(N2CCOCC2)c(F)c1)c1nn(-c2ccc(F)cc2)c2c1CCCC2. The van der Waals surface area contributed by atoms with E-state index < -0.39 is 0 Å². The number of fused-ring (bicyclic) bond motifs is 1. The summed E-state index contributed by atoms with van der Waals surface area (Å²) >= 11 is 0. The number of rotatable bonds is 4. The minimum absolute atomic E-state index is 0.324. The summed E-state index contributed by atoms with van der Waals surface area (Å²) in [4.78, 5) is 15.0. The predicted octanol–water partition coefficient (Wildman–Crippen LogP) is 4.12. The fraction of sp³-hybridized carbons (Fsp3) is 0.333. The van der Waals surface area contributed by atoms with Crippen molar-refractivity contribution in [1.82, 2.24) is 9.78 Å². The van der Waals surface area contributed by atoms with Gasteiger partial charge < -0.3 is 15.0 Å². The van der Waals surface area contributed by atoms with Gasteiger partial charge in [-0.15, -0.1) is 0 Å². The molecule has 1 amide bonds. The molecule has 3 aromatic rings. The number of benzene rings is 2. The lowest BCUT2D eigenvalue weighted by molar-refractivity contribution is 0.102. The van der Waals surface area contributed by atoms with Crippen molar-refractivity contribution in [3.8, 4) is 5.69 Å². The van der Waals surface area contributed by atoms with Crippen molar-refractivity contribution in [2.24, 2.45) is 0 Å². The second kappa shape index (κ2) is 8.70. The molecule has 1 N–H and O–H groups in total. The zero-order valence-electron chi connectivity index (χ0n) is 17.6. The van der Waals surface area contributed by atoms with Crippen LogP contribution in [-0.2, 0) is 17.6 Å². The van der Waals surface area contributed by atoms with E-state index in [2.05, 4.69) is 10.4 Å². The van der Waals surface area contributed by atoms with Gasteiger partial charge in [-0.3, -0.25) is 4.79 Å². The smallest absolute Gasteiger partial charge is 0.276 e. The Morgan fingerprint density at radius 1 is 1.00 bits per heavy atom. The standard InChI is InChI=1S/C24H24F2N4O2/c25-16-5-8-18(9-6-16)30-21-4-2-1-3-19(21)23(28-30)24(31)27-17-7-10-22(20(26)15-17)29-11-13-32-14-12-29/h5-10,15H,1-4,11-14H2,(H,27,31). The Hall–Kier alpha value is -3.26. The number of ether oxygens (including phenoxy) is 1. The molecular weight excluding hydrogens is 414 g/mol. The molecule has 8 heteroatoms. The average Bonchev–Trinajstić information content (AvgIpc) is 3.20. The second-order valence-corrected chi connectivity index (χ2v) is 8.09. The Balaban J connectivity index is 1.41. The molecule has 0 saturated carbocycles. The molecule has 0 spiro atoms. The predicted molar refractivity (Wildman–Crippen MR) is 118 cm³/mol. The summed E-state index contributed by atoms with van der Waals surface area (Å²) in [5.74, 6) is -1.08. The lowest BCUT2D eigenvalue weighted by Gasteiger charge is -2.29. The van der Waals surface area contributed by atoms with Crippen LogP contribution in [0, 0.1) is 11.6 Å². The van der Waals surface area contributed by atoms with Crippen LogP contribution in [0.4, 0.5) is 20.2 Å². The van der Waals surface area contributed by atoms with Gasteiger partial charge in [0, 0.05) is 30.0 Å². The molecule has 0 radical (unpaired) electrons. The Labute approximate surface area is 184 Å². The van der Waals surface area contributed by atoms with Crippen molar-refractivity contribution in [3.63, 3.8) is 0 Å². The highest BCUT2D eigenvalue weighted by Gasteiger charge is 2.26. The van der Waals surface area contributed by atoms with Gasteiger partial charge in [0.2, 0.25) is 0 Å². The molecule has 1 aromatic heterocycles. The summed E-state index contributed by atoms with van der Waals surface area (Å²) in [5.41, 5.74) is 3.81. The third kappa shape index (κ3) is 3.98. The number of anilines is 2. The maximum atomic E-state index is 14.7. The molecule has 0 atom stereocenters.